The molecule has 0 aliphatic carbocycles. The minimum Gasteiger partial charge on any atom is -0.366 e. The number of rotatable bonds is 2. The molecule has 0 radical (unpaired) electrons. The number of hydrogen-bond acceptors (Lipinski definition) is 2. The van der Waals surface area contributed by atoms with Gasteiger partial charge in [-0.1, -0.05) is 0 Å². The van der Waals surface area contributed by atoms with Crippen LogP contribution in [0.5, 0.6) is 0 Å². The highest BCUT2D eigenvalue weighted by molar-refractivity contribution is 6.22. The molecule has 1 aromatic heterocycles. The van der Waals surface area contributed by atoms with Gasteiger partial charge in [0, 0.05) is 6.20 Å². The second-order valence-corrected chi connectivity index (χ2v) is 2.74. The van der Waals surface area contributed by atoms with Crippen molar-refractivity contribution in [3.8, 4) is 0 Å². The summed E-state index contributed by atoms with van der Waals surface area (Å²) in [6, 6.07) is 2.47. The van der Waals surface area contributed by atoms with Crippen LogP contribution in [0.25, 0.3) is 0 Å². The van der Waals surface area contributed by atoms with Crippen molar-refractivity contribution in [3.63, 3.8) is 0 Å². The van der Waals surface area contributed by atoms with E-state index in [0.717, 1.165) is 12.3 Å². The van der Waals surface area contributed by atoms with Gasteiger partial charge in [0.1, 0.15) is 5.69 Å². The van der Waals surface area contributed by atoms with E-state index < -0.39 is 17.0 Å². The van der Waals surface area contributed by atoms with Crippen LogP contribution in [0.1, 0.15) is 16.1 Å². The average molecular weight is 207 g/mol. The van der Waals surface area contributed by atoms with Crippen LogP contribution in [-0.2, 0) is 5.38 Å². The Kier molecular flexibility index (Phi) is 2.47. The Balaban J connectivity index is 3.28. The molecule has 6 heteroatoms. The minimum absolute atomic E-state index is 0.373. The normalized spacial score (nSPS) is 11.3. The summed E-state index contributed by atoms with van der Waals surface area (Å²) in [6.07, 6.45) is 1.11. The Morgan fingerprint density at radius 1 is 1.62 bits per heavy atom. The van der Waals surface area contributed by atoms with Crippen molar-refractivity contribution < 1.29 is 13.6 Å². The van der Waals surface area contributed by atoms with Crippen LogP contribution in [-0.4, -0.2) is 10.9 Å². The summed E-state index contributed by atoms with van der Waals surface area (Å²) in [4.78, 5) is 13.9. The Morgan fingerprint density at radius 3 is 2.62 bits per heavy atom. The van der Waals surface area contributed by atoms with Crippen LogP contribution in [0.15, 0.2) is 18.3 Å². The van der Waals surface area contributed by atoms with Gasteiger partial charge in [-0.15, -0.1) is 0 Å². The fourth-order valence-corrected chi connectivity index (χ4v) is 0.981. The Hall–Kier alpha value is -1.23. The summed E-state index contributed by atoms with van der Waals surface area (Å²) in [5.41, 5.74) is 3.65. The molecule has 0 aliphatic heterocycles. The van der Waals surface area contributed by atoms with Crippen LogP contribution >= 0.6 is 11.6 Å². The maximum absolute atomic E-state index is 12.6. The van der Waals surface area contributed by atoms with Gasteiger partial charge in [0.15, 0.2) is 0 Å². The van der Waals surface area contributed by atoms with Gasteiger partial charge >= 0.3 is 5.38 Å². The summed E-state index contributed by atoms with van der Waals surface area (Å²) >= 11 is 4.70. The van der Waals surface area contributed by atoms with Crippen molar-refractivity contribution in [1.82, 2.24) is 4.98 Å². The molecule has 0 atom stereocenters. The number of halogens is 3. The first kappa shape index (κ1) is 9.85. The topological polar surface area (TPSA) is 56.0 Å². The lowest BCUT2D eigenvalue weighted by Gasteiger charge is -2.09. The minimum atomic E-state index is -3.67. The number of pyridine rings is 1. The summed E-state index contributed by atoms with van der Waals surface area (Å²) in [7, 11) is 0. The van der Waals surface area contributed by atoms with Gasteiger partial charge in [-0.05, 0) is 23.7 Å². The molecule has 1 rings (SSSR count). The van der Waals surface area contributed by atoms with Crippen molar-refractivity contribution >= 4 is 17.5 Å². The molecule has 13 heavy (non-hydrogen) atoms. The zero-order chi connectivity index (χ0) is 10.1. The number of amides is 1. The standard InChI is InChI=1S/C7H5ClF2N2O/c8-7(9,10)5-4(6(11)13)2-1-3-12-5/h1-3H,(H2,11,13). The van der Waals surface area contributed by atoms with Crippen molar-refractivity contribution in [2.75, 3.05) is 0 Å². The van der Waals surface area contributed by atoms with Crippen molar-refractivity contribution in [1.29, 1.82) is 0 Å². The number of carbonyl (C=O) groups is 1. The van der Waals surface area contributed by atoms with Gasteiger partial charge in [-0.25, -0.2) is 0 Å². The van der Waals surface area contributed by atoms with Crippen LogP contribution in [0.4, 0.5) is 8.78 Å². The van der Waals surface area contributed by atoms with Crippen LogP contribution in [0, 0.1) is 0 Å². The molecule has 1 heterocycles. The molecule has 0 spiro atoms. The van der Waals surface area contributed by atoms with Crippen LogP contribution in [0.3, 0.4) is 0 Å². The molecule has 0 fully saturated rings. The van der Waals surface area contributed by atoms with E-state index >= 15 is 0 Å². The van der Waals surface area contributed by atoms with E-state index in [9.17, 15) is 13.6 Å². The highest BCUT2D eigenvalue weighted by atomic mass is 35.5. The molecule has 0 unspecified atom stereocenters. The Bertz CT molecular complexity index is 338. The first-order valence-corrected chi connectivity index (χ1v) is 3.62. The highest BCUT2D eigenvalue weighted by Gasteiger charge is 2.33. The molecule has 0 bridgehead atoms. The summed E-state index contributed by atoms with van der Waals surface area (Å²) in [6.45, 7) is 0. The molecule has 0 aromatic carbocycles. The fraction of sp³-hybridized carbons (Fsp3) is 0.143. The van der Waals surface area contributed by atoms with E-state index in [1.54, 1.807) is 0 Å². The third-order valence-electron chi connectivity index (χ3n) is 1.34. The average Bonchev–Trinajstić information content (AvgIpc) is 2.03. The molecular formula is C7H5ClF2N2O. The molecule has 0 aliphatic rings. The molecule has 1 aromatic rings. The summed E-state index contributed by atoms with van der Waals surface area (Å²) in [5.74, 6) is -0.983. The second kappa shape index (κ2) is 3.26. The Morgan fingerprint density at radius 2 is 2.23 bits per heavy atom. The highest BCUT2D eigenvalue weighted by Crippen LogP contribution is 2.32. The molecule has 0 saturated heterocycles. The zero-order valence-electron chi connectivity index (χ0n) is 6.30. The second-order valence-electron chi connectivity index (χ2n) is 2.26. The van der Waals surface area contributed by atoms with Gasteiger partial charge in [-0.2, -0.15) is 8.78 Å². The first-order chi connectivity index (χ1) is 5.93. The predicted molar refractivity (Wildman–Crippen MR) is 42.5 cm³/mol. The summed E-state index contributed by atoms with van der Waals surface area (Å²) < 4.78 is 25.1. The lowest BCUT2D eigenvalue weighted by molar-refractivity contribution is 0.0844. The smallest absolute Gasteiger partial charge is 0.365 e. The van der Waals surface area contributed by atoms with E-state index in [0.29, 0.717) is 0 Å². The Labute approximate surface area is 77.5 Å². The lowest BCUT2D eigenvalue weighted by Crippen LogP contribution is -2.19. The SMILES string of the molecule is NC(=O)c1cccnc1C(F)(F)Cl. The zero-order valence-corrected chi connectivity index (χ0v) is 7.05. The van der Waals surface area contributed by atoms with Crippen molar-refractivity contribution in [2.45, 2.75) is 5.38 Å². The van der Waals surface area contributed by atoms with Crippen LogP contribution in [0.2, 0.25) is 0 Å². The first-order valence-electron chi connectivity index (χ1n) is 3.25. The van der Waals surface area contributed by atoms with Gasteiger partial charge in [-0.3, -0.25) is 9.78 Å². The molecule has 3 nitrogen and oxygen atoms in total. The van der Waals surface area contributed by atoms with E-state index in [2.05, 4.69) is 4.98 Å². The number of alkyl halides is 3. The maximum Gasteiger partial charge on any atom is 0.365 e. The molecule has 2 N–H and O–H groups in total. The fourth-order valence-electron chi connectivity index (χ4n) is 0.830. The van der Waals surface area contributed by atoms with Gasteiger partial charge in [0.05, 0.1) is 5.56 Å². The maximum atomic E-state index is 12.6. The van der Waals surface area contributed by atoms with Gasteiger partial charge in [0.25, 0.3) is 5.91 Å². The van der Waals surface area contributed by atoms with E-state index in [4.69, 9.17) is 17.3 Å². The number of carbonyl (C=O) groups excluding carboxylic acids is 1. The number of hydrogen-bond donors (Lipinski definition) is 1. The number of primary amides is 1. The van der Waals surface area contributed by atoms with Gasteiger partial charge < -0.3 is 5.73 Å². The predicted octanol–water partition coefficient (Wildman–Crippen LogP) is 1.47. The largest absolute Gasteiger partial charge is 0.366 e. The van der Waals surface area contributed by atoms with E-state index in [1.165, 1.54) is 6.07 Å². The van der Waals surface area contributed by atoms with E-state index in [1.807, 2.05) is 0 Å². The van der Waals surface area contributed by atoms with E-state index in [-0.39, 0.29) is 5.56 Å². The molecule has 70 valence electrons. The van der Waals surface area contributed by atoms with Crippen molar-refractivity contribution in [3.05, 3.63) is 29.6 Å². The third-order valence-corrected chi connectivity index (χ3v) is 1.52. The number of aromatic nitrogens is 1. The van der Waals surface area contributed by atoms with Crippen molar-refractivity contribution in [2.24, 2.45) is 5.73 Å². The quantitative estimate of drug-likeness (QED) is 0.745. The number of nitrogens with zero attached hydrogens (tertiary/aromatic N) is 1. The molecule has 0 saturated carbocycles. The molecular weight excluding hydrogens is 202 g/mol. The number of nitrogens with two attached hydrogens (primary N) is 1. The van der Waals surface area contributed by atoms with Crippen LogP contribution < -0.4 is 5.73 Å². The third kappa shape index (κ3) is 2.12. The lowest BCUT2D eigenvalue weighted by atomic mass is 10.2. The monoisotopic (exact) mass is 206 g/mol. The van der Waals surface area contributed by atoms with Gasteiger partial charge in [0.2, 0.25) is 0 Å². The molecule has 1 amide bonds. The summed E-state index contributed by atoms with van der Waals surface area (Å²) in [5, 5.41) is -3.67.